The molecule has 20 heavy (non-hydrogen) atoms. The van der Waals surface area contributed by atoms with Gasteiger partial charge >= 0.3 is 0 Å². The van der Waals surface area contributed by atoms with Crippen LogP contribution in [0.2, 0.25) is 0 Å². The molecule has 2 aromatic rings. The summed E-state index contributed by atoms with van der Waals surface area (Å²) < 4.78 is 29.9. The Morgan fingerprint density at radius 3 is 2.60 bits per heavy atom. The summed E-state index contributed by atoms with van der Waals surface area (Å²) in [5, 5.41) is 4.38. The highest BCUT2D eigenvalue weighted by Crippen LogP contribution is 2.21. The molecule has 0 saturated heterocycles. The molecule has 2 heterocycles. The summed E-state index contributed by atoms with van der Waals surface area (Å²) >= 11 is 1.40. The van der Waals surface area contributed by atoms with E-state index in [-0.39, 0.29) is 4.90 Å². The van der Waals surface area contributed by atoms with Crippen LogP contribution in [0, 0.1) is 6.92 Å². The first-order chi connectivity index (χ1) is 9.39. The van der Waals surface area contributed by atoms with Crippen molar-refractivity contribution in [3.63, 3.8) is 0 Å². The summed E-state index contributed by atoms with van der Waals surface area (Å²) in [6, 6.07) is 3.19. The average Bonchev–Trinajstić information content (AvgIpc) is 2.82. The standard InChI is InChI=1S/C11H14N4O3S2/c1-8-13-10(18-14-8)7-19-11-5-4-9(6-12-11)20(16,17)15(2)3/h4-6H,7H2,1-3H3. The lowest BCUT2D eigenvalue weighted by Gasteiger charge is -2.10. The van der Waals surface area contributed by atoms with Crippen LogP contribution in [0.4, 0.5) is 0 Å². The molecule has 0 aliphatic rings. The third-order valence-electron chi connectivity index (χ3n) is 2.40. The van der Waals surface area contributed by atoms with E-state index in [0.29, 0.717) is 22.5 Å². The van der Waals surface area contributed by atoms with E-state index < -0.39 is 10.0 Å². The molecule has 0 bridgehead atoms. The molecule has 0 radical (unpaired) electrons. The lowest BCUT2D eigenvalue weighted by molar-refractivity contribution is 0.387. The predicted molar refractivity (Wildman–Crippen MR) is 73.7 cm³/mol. The van der Waals surface area contributed by atoms with E-state index in [1.165, 1.54) is 38.1 Å². The number of rotatable bonds is 5. The van der Waals surface area contributed by atoms with Gasteiger partial charge in [0.1, 0.15) is 4.90 Å². The SMILES string of the molecule is Cc1noc(CSc2ccc(S(=O)(=O)N(C)C)cn2)n1. The van der Waals surface area contributed by atoms with Gasteiger partial charge in [0.05, 0.1) is 10.8 Å². The second kappa shape index (κ2) is 5.90. The van der Waals surface area contributed by atoms with Gasteiger partial charge in [0, 0.05) is 20.3 Å². The van der Waals surface area contributed by atoms with Crippen molar-refractivity contribution in [2.45, 2.75) is 22.6 Å². The Kier molecular flexibility index (Phi) is 4.41. The largest absolute Gasteiger partial charge is 0.338 e. The Balaban J connectivity index is 2.05. The molecular weight excluding hydrogens is 300 g/mol. The third-order valence-corrected chi connectivity index (χ3v) is 5.13. The molecule has 0 N–H and O–H groups in total. The van der Waals surface area contributed by atoms with Gasteiger partial charge in [-0.25, -0.2) is 17.7 Å². The quantitative estimate of drug-likeness (QED) is 0.769. The smallest absolute Gasteiger partial charge is 0.244 e. The van der Waals surface area contributed by atoms with Crippen molar-refractivity contribution in [3.05, 3.63) is 30.0 Å². The fraction of sp³-hybridized carbons (Fsp3) is 0.364. The molecule has 0 amide bonds. The summed E-state index contributed by atoms with van der Waals surface area (Å²) in [7, 11) is -0.473. The fourth-order valence-electron chi connectivity index (χ4n) is 1.35. The minimum atomic E-state index is -3.44. The molecule has 7 nitrogen and oxygen atoms in total. The monoisotopic (exact) mass is 314 g/mol. The first-order valence-corrected chi connectivity index (χ1v) is 8.13. The second-order valence-electron chi connectivity index (χ2n) is 4.14. The maximum atomic E-state index is 11.9. The Hall–Kier alpha value is -1.45. The molecule has 0 saturated carbocycles. The number of thioether (sulfide) groups is 1. The van der Waals surface area contributed by atoms with Crippen LogP contribution >= 0.6 is 11.8 Å². The first kappa shape index (κ1) is 14.9. The summed E-state index contributed by atoms with van der Waals surface area (Å²) in [5.74, 6) is 1.59. The maximum Gasteiger partial charge on any atom is 0.244 e. The average molecular weight is 314 g/mol. The lowest BCUT2D eigenvalue weighted by Crippen LogP contribution is -2.22. The van der Waals surface area contributed by atoms with Crippen LogP contribution in [0.15, 0.2) is 32.8 Å². The number of nitrogens with zero attached hydrogens (tertiary/aromatic N) is 4. The zero-order valence-electron chi connectivity index (χ0n) is 11.3. The number of sulfonamides is 1. The van der Waals surface area contributed by atoms with Gasteiger partial charge in [-0.1, -0.05) is 16.9 Å². The third kappa shape index (κ3) is 3.35. The molecule has 0 aromatic carbocycles. The van der Waals surface area contributed by atoms with Gasteiger partial charge in [-0.2, -0.15) is 4.98 Å². The molecule has 0 fully saturated rings. The van der Waals surface area contributed by atoms with Crippen molar-refractivity contribution in [1.29, 1.82) is 0 Å². The summed E-state index contributed by atoms with van der Waals surface area (Å²) in [6.45, 7) is 1.75. The number of pyridine rings is 1. The van der Waals surface area contributed by atoms with E-state index in [4.69, 9.17) is 4.52 Å². The Morgan fingerprint density at radius 2 is 2.10 bits per heavy atom. The van der Waals surface area contributed by atoms with E-state index in [1.807, 2.05) is 0 Å². The zero-order valence-corrected chi connectivity index (χ0v) is 12.9. The van der Waals surface area contributed by atoms with Gasteiger partial charge in [-0.05, 0) is 19.1 Å². The van der Waals surface area contributed by atoms with Crippen molar-refractivity contribution in [2.75, 3.05) is 14.1 Å². The number of hydrogen-bond donors (Lipinski definition) is 0. The topological polar surface area (TPSA) is 89.2 Å². The molecule has 0 unspecified atom stereocenters. The molecule has 2 aromatic heterocycles. The summed E-state index contributed by atoms with van der Waals surface area (Å²) in [5.41, 5.74) is 0. The van der Waals surface area contributed by atoms with Crippen LogP contribution in [0.1, 0.15) is 11.7 Å². The minimum absolute atomic E-state index is 0.167. The fourth-order valence-corrected chi connectivity index (χ4v) is 2.88. The van der Waals surface area contributed by atoms with Gasteiger partial charge < -0.3 is 4.52 Å². The van der Waals surface area contributed by atoms with E-state index in [1.54, 1.807) is 13.0 Å². The molecule has 108 valence electrons. The molecule has 0 atom stereocenters. The summed E-state index contributed by atoms with van der Waals surface area (Å²) in [6.07, 6.45) is 1.34. The number of hydrogen-bond acceptors (Lipinski definition) is 7. The minimum Gasteiger partial charge on any atom is -0.338 e. The van der Waals surface area contributed by atoms with Gasteiger partial charge in [0.25, 0.3) is 0 Å². The lowest BCUT2D eigenvalue weighted by atomic mass is 10.5. The van der Waals surface area contributed by atoms with Crippen molar-refractivity contribution >= 4 is 21.8 Å². The number of aromatic nitrogens is 3. The molecule has 9 heteroatoms. The van der Waals surface area contributed by atoms with Gasteiger partial charge in [0.15, 0.2) is 5.82 Å². The highest BCUT2D eigenvalue weighted by atomic mass is 32.2. The first-order valence-electron chi connectivity index (χ1n) is 5.70. The van der Waals surface area contributed by atoms with E-state index >= 15 is 0 Å². The normalized spacial score (nSPS) is 12.0. The van der Waals surface area contributed by atoms with E-state index in [0.717, 1.165) is 4.31 Å². The van der Waals surface area contributed by atoms with Crippen LogP contribution in [0.3, 0.4) is 0 Å². The molecule has 2 rings (SSSR count). The Labute approximate surface area is 121 Å². The molecular formula is C11H14N4O3S2. The molecule has 0 spiro atoms. The van der Waals surface area contributed by atoms with Crippen molar-refractivity contribution in [3.8, 4) is 0 Å². The van der Waals surface area contributed by atoms with Crippen molar-refractivity contribution < 1.29 is 12.9 Å². The highest BCUT2D eigenvalue weighted by Gasteiger charge is 2.17. The molecule has 0 aliphatic heterocycles. The van der Waals surface area contributed by atoms with Crippen molar-refractivity contribution in [2.24, 2.45) is 0 Å². The van der Waals surface area contributed by atoms with E-state index in [2.05, 4.69) is 15.1 Å². The van der Waals surface area contributed by atoms with E-state index in [9.17, 15) is 8.42 Å². The Morgan fingerprint density at radius 1 is 1.35 bits per heavy atom. The second-order valence-corrected chi connectivity index (χ2v) is 7.29. The van der Waals surface area contributed by atoms with Crippen LogP contribution < -0.4 is 0 Å². The van der Waals surface area contributed by atoms with Crippen LogP contribution in [0.25, 0.3) is 0 Å². The van der Waals surface area contributed by atoms with Gasteiger partial charge in [-0.15, -0.1) is 0 Å². The van der Waals surface area contributed by atoms with Gasteiger partial charge in [0.2, 0.25) is 15.9 Å². The predicted octanol–water partition coefficient (Wildman–Crippen LogP) is 1.32. The highest BCUT2D eigenvalue weighted by molar-refractivity contribution is 7.98. The van der Waals surface area contributed by atoms with Gasteiger partial charge in [-0.3, -0.25) is 0 Å². The number of aryl methyl sites for hydroxylation is 1. The van der Waals surface area contributed by atoms with Crippen LogP contribution in [0.5, 0.6) is 0 Å². The van der Waals surface area contributed by atoms with Crippen LogP contribution in [-0.4, -0.2) is 41.9 Å². The molecule has 0 aliphatic carbocycles. The van der Waals surface area contributed by atoms with Crippen molar-refractivity contribution in [1.82, 2.24) is 19.4 Å². The Bertz CT molecular complexity index is 680. The van der Waals surface area contributed by atoms with Crippen LogP contribution in [-0.2, 0) is 15.8 Å². The summed E-state index contributed by atoms with van der Waals surface area (Å²) in [4.78, 5) is 8.36. The maximum absolute atomic E-state index is 11.9. The zero-order chi connectivity index (χ0) is 14.8.